The van der Waals surface area contributed by atoms with Crippen molar-refractivity contribution < 1.29 is 14.4 Å². The largest absolute Gasteiger partial charge is 0.341 e. The number of piperidine rings is 1. The second-order valence-corrected chi connectivity index (χ2v) is 8.43. The van der Waals surface area contributed by atoms with E-state index in [0.717, 1.165) is 35.5 Å². The molecule has 0 bridgehead atoms. The third-order valence-corrected chi connectivity index (χ3v) is 6.20. The van der Waals surface area contributed by atoms with E-state index in [1.807, 2.05) is 11.8 Å². The second-order valence-electron chi connectivity index (χ2n) is 8.43. The smallest absolute Gasteiger partial charge is 0.249 e. The van der Waals surface area contributed by atoms with Crippen LogP contribution in [0.15, 0.2) is 24.0 Å². The molecule has 0 spiro atoms. The molecule has 1 N–H and O–H groups in total. The molecule has 1 saturated heterocycles. The Bertz CT molecular complexity index is 961. The lowest BCUT2D eigenvalue weighted by Crippen LogP contribution is -2.42. The first kappa shape index (κ1) is 21.4. The quantitative estimate of drug-likeness (QED) is 0.447. The van der Waals surface area contributed by atoms with Crippen molar-refractivity contribution >= 4 is 11.9 Å². The van der Waals surface area contributed by atoms with Gasteiger partial charge < -0.3 is 4.90 Å². The summed E-state index contributed by atoms with van der Waals surface area (Å²) in [6.07, 6.45) is 10.4. The summed E-state index contributed by atoms with van der Waals surface area (Å²) in [6.45, 7) is 3.31. The van der Waals surface area contributed by atoms with Crippen LogP contribution in [0, 0.1) is 18.7 Å². The zero-order valence-electron chi connectivity index (χ0n) is 18.1. The number of aromatic nitrogens is 4. The number of hydrogen-bond donors (Lipinski definition) is 1. The molecule has 0 radical (unpaired) electrons. The molecule has 0 unspecified atom stereocenters. The van der Waals surface area contributed by atoms with Crippen molar-refractivity contribution in [3.05, 3.63) is 35.4 Å². The van der Waals surface area contributed by atoms with E-state index in [4.69, 9.17) is 0 Å². The van der Waals surface area contributed by atoms with Crippen molar-refractivity contribution in [2.24, 2.45) is 13.0 Å². The van der Waals surface area contributed by atoms with E-state index in [1.54, 1.807) is 17.9 Å². The fourth-order valence-electron chi connectivity index (χ4n) is 4.42. The van der Waals surface area contributed by atoms with Crippen LogP contribution in [0.1, 0.15) is 44.1 Å². The van der Waals surface area contributed by atoms with Gasteiger partial charge in [0.15, 0.2) is 5.82 Å². The number of aryl methyl sites for hydroxylation is 2. The number of carbonyl (C=O) groups is 1. The molecule has 2 aliphatic rings. The van der Waals surface area contributed by atoms with Crippen LogP contribution in [0.3, 0.4) is 0 Å². The lowest BCUT2D eigenvalue weighted by molar-refractivity contribution is -0.169. The van der Waals surface area contributed by atoms with Gasteiger partial charge in [0.1, 0.15) is 5.69 Å². The number of nitrogens with zero attached hydrogens (tertiary/aromatic N) is 6. The Balaban J connectivity index is 1.40. The molecule has 1 fully saturated rings. The van der Waals surface area contributed by atoms with Gasteiger partial charge in [0.2, 0.25) is 11.9 Å². The molecule has 8 nitrogen and oxygen atoms in total. The normalized spacial score (nSPS) is 17.5. The predicted molar refractivity (Wildman–Crippen MR) is 114 cm³/mol. The highest BCUT2D eigenvalue weighted by molar-refractivity contribution is 5.78. The first-order valence-corrected chi connectivity index (χ1v) is 10.9. The number of rotatable bonds is 5. The van der Waals surface area contributed by atoms with E-state index in [1.165, 1.54) is 12.6 Å². The average molecular weight is 429 g/mol. The van der Waals surface area contributed by atoms with Gasteiger partial charge in [0, 0.05) is 26.1 Å². The Hall–Kier alpha value is -2.81. The fraction of sp³-hybridized carbons (Fsp3) is 0.545. The van der Waals surface area contributed by atoms with Crippen molar-refractivity contribution in [2.45, 2.75) is 45.4 Å². The first-order chi connectivity index (χ1) is 14.9. The Morgan fingerprint density at radius 1 is 1.29 bits per heavy atom. The van der Waals surface area contributed by atoms with Gasteiger partial charge in [-0.2, -0.15) is 5.10 Å². The number of allylic oxidation sites excluding steroid dienone is 1. The SMILES string of the molecule is Cc1cnn(C)c1-c1nc(N2CCC(C(=O)N(O)CC3=CCCCC3)CC2)ncc1F. The minimum Gasteiger partial charge on any atom is -0.341 e. The number of carbonyl (C=O) groups excluding carboxylic acids is 1. The van der Waals surface area contributed by atoms with Crippen LogP contribution in [-0.4, -0.2) is 55.6 Å². The van der Waals surface area contributed by atoms with Crippen LogP contribution >= 0.6 is 0 Å². The van der Waals surface area contributed by atoms with Gasteiger partial charge >= 0.3 is 0 Å². The molecule has 1 aliphatic carbocycles. The maximum absolute atomic E-state index is 14.4. The Kier molecular flexibility index (Phi) is 6.31. The summed E-state index contributed by atoms with van der Waals surface area (Å²) in [7, 11) is 1.75. The zero-order valence-corrected chi connectivity index (χ0v) is 18.1. The van der Waals surface area contributed by atoms with Gasteiger partial charge in [0.05, 0.1) is 24.6 Å². The maximum Gasteiger partial charge on any atom is 0.249 e. The average Bonchev–Trinajstić information content (AvgIpc) is 3.12. The van der Waals surface area contributed by atoms with E-state index in [2.05, 4.69) is 21.1 Å². The Morgan fingerprint density at radius 2 is 2.06 bits per heavy atom. The molecule has 0 atom stereocenters. The summed E-state index contributed by atoms with van der Waals surface area (Å²) in [5.74, 6) is -0.508. The summed E-state index contributed by atoms with van der Waals surface area (Å²) >= 11 is 0. The molecular formula is C22H29FN6O2. The summed E-state index contributed by atoms with van der Waals surface area (Å²) in [5, 5.41) is 15.3. The number of hydrogen-bond acceptors (Lipinski definition) is 6. The van der Waals surface area contributed by atoms with E-state index >= 15 is 0 Å². The standard InChI is InChI=1S/C22H29FN6O2/c1-15-12-25-27(2)20(15)19-18(23)13-24-22(26-19)28-10-8-17(9-11-28)21(30)29(31)14-16-6-4-3-5-7-16/h6,12-13,17,31H,3-5,7-11,14H2,1-2H3. The third-order valence-electron chi connectivity index (χ3n) is 6.20. The summed E-state index contributed by atoms with van der Waals surface area (Å²) < 4.78 is 16.0. The van der Waals surface area contributed by atoms with Crippen LogP contribution < -0.4 is 4.90 Å². The molecule has 9 heteroatoms. The molecule has 2 aromatic rings. The van der Waals surface area contributed by atoms with Crippen molar-refractivity contribution in [1.29, 1.82) is 0 Å². The molecular weight excluding hydrogens is 399 g/mol. The molecule has 2 aromatic heterocycles. The monoisotopic (exact) mass is 428 g/mol. The van der Waals surface area contributed by atoms with E-state index < -0.39 is 5.82 Å². The van der Waals surface area contributed by atoms with Gasteiger partial charge in [-0.05, 0) is 51.0 Å². The molecule has 0 aromatic carbocycles. The molecule has 31 heavy (non-hydrogen) atoms. The second kappa shape index (κ2) is 9.13. The first-order valence-electron chi connectivity index (χ1n) is 10.9. The van der Waals surface area contributed by atoms with Crippen molar-refractivity contribution in [3.8, 4) is 11.4 Å². The number of hydroxylamine groups is 2. The maximum atomic E-state index is 14.4. The highest BCUT2D eigenvalue weighted by Crippen LogP contribution is 2.28. The van der Waals surface area contributed by atoms with Crippen LogP contribution in [0.4, 0.5) is 10.3 Å². The van der Waals surface area contributed by atoms with Gasteiger partial charge in [-0.25, -0.2) is 19.4 Å². The lowest BCUT2D eigenvalue weighted by atomic mass is 9.95. The molecule has 0 saturated carbocycles. The highest BCUT2D eigenvalue weighted by Gasteiger charge is 2.30. The minimum absolute atomic E-state index is 0.225. The van der Waals surface area contributed by atoms with Gasteiger partial charge in [-0.3, -0.25) is 14.7 Å². The van der Waals surface area contributed by atoms with E-state index in [9.17, 15) is 14.4 Å². The van der Waals surface area contributed by atoms with Crippen molar-refractivity contribution in [2.75, 3.05) is 24.5 Å². The van der Waals surface area contributed by atoms with E-state index in [0.29, 0.717) is 44.1 Å². The van der Waals surface area contributed by atoms with Crippen LogP contribution in [0.25, 0.3) is 11.4 Å². The van der Waals surface area contributed by atoms with Crippen molar-refractivity contribution in [3.63, 3.8) is 0 Å². The topological polar surface area (TPSA) is 87.4 Å². The molecule has 1 amide bonds. The Labute approximate surface area is 181 Å². The highest BCUT2D eigenvalue weighted by atomic mass is 19.1. The molecule has 4 rings (SSSR count). The predicted octanol–water partition coefficient (Wildman–Crippen LogP) is 3.26. The molecule has 3 heterocycles. The summed E-state index contributed by atoms with van der Waals surface area (Å²) in [6, 6.07) is 0. The summed E-state index contributed by atoms with van der Waals surface area (Å²) in [5.41, 5.74) is 2.82. The van der Waals surface area contributed by atoms with Crippen LogP contribution in [0.5, 0.6) is 0 Å². The van der Waals surface area contributed by atoms with E-state index in [-0.39, 0.29) is 17.5 Å². The number of anilines is 1. The van der Waals surface area contributed by atoms with Crippen LogP contribution in [-0.2, 0) is 11.8 Å². The lowest BCUT2D eigenvalue weighted by Gasteiger charge is -2.33. The fourth-order valence-corrected chi connectivity index (χ4v) is 4.42. The third kappa shape index (κ3) is 4.61. The van der Waals surface area contributed by atoms with Gasteiger partial charge in [0.25, 0.3) is 0 Å². The number of amides is 1. The zero-order chi connectivity index (χ0) is 22.0. The van der Waals surface area contributed by atoms with Gasteiger partial charge in [-0.1, -0.05) is 11.6 Å². The van der Waals surface area contributed by atoms with Crippen molar-refractivity contribution in [1.82, 2.24) is 24.8 Å². The Morgan fingerprint density at radius 3 is 2.71 bits per heavy atom. The molecule has 166 valence electrons. The van der Waals surface area contributed by atoms with Gasteiger partial charge in [-0.15, -0.1) is 0 Å². The minimum atomic E-state index is -0.492. The summed E-state index contributed by atoms with van der Waals surface area (Å²) in [4.78, 5) is 23.3. The van der Waals surface area contributed by atoms with Crippen LogP contribution in [0.2, 0.25) is 0 Å². The number of halogens is 1. The molecule has 1 aliphatic heterocycles.